The van der Waals surface area contributed by atoms with Crippen molar-refractivity contribution in [1.82, 2.24) is 0 Å². The molecule has 0 saturated carbocycles. The lowest BCUT2D eigenvalue weighted by atomic mass is 9.77. The van der Waals surface area contributed by atoms with Gasteiger partial charge < -0.3 is 32.3 Å². The minimum absolute atomic E-state index is 0.151. The highest BCUT2D eigenvalue weighted by Crippen LogP contribution is 2.51. The van der Waals surface area contributed by atoms with Gasteiger partial charge in [0, 0.05) is 22.3 Å². The molecule has 0 bridgehead atoms. The summed E-state index contributed by atoms with van der Waals surface area (Å²) in [5, 5.41) is 0. The Morgan fingerprint density at radius 1 is 0.412 bits per heavy atom. The number of rotatable bonds is 12. The molecule has 0 saturated heterocycles. The predicted octanol–water partition coefficient (Wildman–Crippen LogP) is 12.4. The number of benzene rings is 4. The average Bonchev–Trinajstić information content (AvgIpc) is 3.03. The van der Waals surface area contributed by atoms with Crippen LogP contribution in [0.1, 0.15) is 99.8 Å². The van der Waals surface area contributed by atoms with Crippen LogP contribution in [0.4, 0.5) is 0 Å². The van der Waals surface area contributed by atoms with Crippen LogP contribution in [-0.2, 0) is 16.2 Å². The largest absolute Gasteiger partial charge is 0.497 e. The normalized spacial score (nSPS) is 12.7. The number of ether oxygens (including phenoxy) is 3. The molecule has 0 radical (unpaired) electrons. The third kappa shape index (κ3) is 10.9. The monoisotopic (exact) mass is 734 g/mol. The standard InChI is InChI=1S/C42H56O7P2/c1-39(2,3)27-23-33(37(35(24-27)40(4,5)6)48-50-46-30-19-15-28(43-13)16-20-30)34-25-32(45-42(10,11)12)26-36(41(7,8)9)38(34)49-51-47-31-21-17-29(44-14)18-22-31/h15-26,50-51H,1-14H3. The van der Waals surface area contributed by atoms with Crippen LogP contribution >= 0.6 is 18.1 Å². The topological polar surface area (TPSA) is 64.6 Å². The Bertz CT molecular complexity index is 1760. The average molecular weight is 735 g/mol. The van der Waals surface area contributed by atoms with Crippen LogP contribution in [0, 0.1) is 0 Å². The fourth-order valence-electron chi connectivity index (χ4n) is 5.32. The van der Waals surface area contributed by atoms with Gasteiger partial charge in [0.25, 0.3) is 18.1 Å². The smallest absolute Gasteiger partial charge is 0.275 e. The second kappa shape index (κ2) is 15.9. The predicted molar refractivity (Wildman–Crippen MR) is 213 cm³/mol. The van der Waals surface area contributed by atoms with Crippen LogP contribution in [0.3, 0.4) is 0 Å². The summed E-state index contributed by atoms with van der Waals surface area (Å²) in [6, 6.07) is 23.6. The van der Waals surface area contributed by atoms with Gasteiger partial charge in [-0.15, -0.1) is 0 Å². The van der Waals surface area contributed by atoms with Gasteiger partial charge in [-0.05, 0) is 109 Å². The van der Waals surface area contributed by atoms with Gasteiger partial charge in [0.05, 0.1) is 14.2 Å². The molecule has 0 aliphatic rings. The Morgan fingerprint density at radius 2 is 0.804 bits per heavy atom. The molecular formula is C42H56O7P2. The molecule has 276 valence electrons. The highest BCUT2D eigenvalue weighted by atomic mass is 31.1. The maximum atomic E-state index is 6.73. The summed E-state index contributed by atoms with van der Waals surface area (Å²) < 4.78 is 43.0. The summed E-state index contributed by atoms with van der Waals surface area (Å²) in [6.07, 6.45) is 0. The van der Waals surface area contributed by atoms with Gasteiger partial charge in [-0.2, -0.15) is 0 Å². The van der Waals surface area contributed by atoms with Crippen LogP contribution in [-0.4, -0.2) is 19.8 Å². The van der Waals surface area contributed by atoms with Crippen molar-refractivity contribution in [2.75, 3.05) is 14.2 Å². The fraction of sp³-hybridized carbons (Fsp3) is 0.429. The molecule has 0 heterocycles. The number of hydrogen-bond acceptors (Lipinski definition) is 7. The minimum atomic E-state index is -0.426. The molecule has 51 heavy (non-hydrogen) atoms. The second-order valence-corrected chi connectivity index (χ2v) is 17.8. The summed E-state index contributed by atoms with van der Waals surface area (Å²) in [5.41, 5.74) is 3.84. The van der Waals surface area contributed by atoms with Crippen molar-refractivity contribution in [2.24, 2.45) is 0 Å². The molecule has 0 aliphatic heterocycles. The summed E-state index contributed by atoms with van der Waals surface area (Å²) in [4.78, 5) is 0. The van der Waals surface area contributed by atoms with Crippen LogP contribution in [0.15, 0.2) is 72.8 Å². The van der Waals surface area contributed by atoms with E-state index < -0.39 is 5.60 Å². The Labute approximate surface area is 309 Å². The van der Waals surface area contributed by atoms with Crippen molar-refractivity contribution < 1.29 is 32.3 Å². The van der Waals surface area contributed by atoms with E-state index in [0.717, 1.165) is 45.3 Å². The van der Waals surface area contributed by atoms with Gasteiger partial charge in [0.15, 0.2) is 0 Å². The van der Waals surface area contributed by atoms with E-state index in [4.69, 9.17) is 32.3 Å². The molecule has 0 aromatic heterocycles. The SMILES string of the molecule is COc1ccc(OPOc2c(-c3cc(C(C)(C)C)cc(C(C)(C)C)c3OPOc3ccc(OC)cc3)cc(OC(C)(C)C)cc2C(C)(C)C)cc1. The van der Waals surface area contributed by atoms with E-state index >= 15 is 0 Å². The molecule has 0 spiro atoms. The first-order valence-corrected chi connectivity index (χ1v) is 18.9. The van der Waals surface area contributed by atoms with Crippen molar-refractivity contribution in [3.8, 4) is 51.4 Å². The zero-order valence-electron chi connectivity index (χ0n) is 32.8. The molecule has 4 aromatic carbocycles. The van der Waals surface area contributed by atoms with E-state index in [1.165, 1.54) is 5.56 Å². The van der Waals surface area contributed by atoms with Crippen molar-refractivity contribution in [2.45, 2.75) is 105 Å². The lowest BCUT2D eigenvalue weighted by Crippen LogP contribution is -2.23. The zero-order valence-corrected chi connectivity index (χ0v) is 34.8. The molecule has 0 aliphatic carbocycles. The molecule has 2 unspecified atom stereocenters. The maximum Gasteiger partial charge on any atom is 0.275 e. The minimum Gasteiger partial charge on any atom is -0.497 e. The highest BCUT2D eigenvalue weighted by Gasteiger charge is 2.31. The summed E-state index contributed by atoms with van der Waals surface area (Å²) in [7, 11) is 2.67. The molecule has 0 amide bonds. The van der Waals surface area contributed by atoms with Crippen LogP contribution in [0.25, 0.3) is 11.1 Å². The van der Waals surface area contributed by atoms with Gasteiger partial charge in [-0.25, -0.2) is 0 Å². The van der Waals surface area contributed by atoms with Crippen LogP contribution < -0.4 is 32.3 Å². The quantitative estimate of drug-likeness (QED) is 0.134. The van der Waals surface area contributed by atoms with E-state index in [-0.39, 0.29) is 34.3 Å². The molecule has 4 rings (SSSR count). The first kappa shape index (κ1) is 40.1. The Kier molecular flexibility index (Phi) is 12.5. The van der Waals surface area contributed by atoms with Crippen molar-refractivity contribution in [3.05, 3.63) is 89.5 Å². The van der Waals surface area contributed by atoms with Crippen molar-refractivity contribution >= 4 is 18.1 Å². The molecule has 4 aromatic rings. The lowest BCUT2D eigenvalue weighted by molar-refractivity contribution is 0.130. The Hall–Kier alpha value is -3.66. The number of methoxy groups -OCH3 is 2. The summed E-state index contributed by atoms with van der Waals surface area (Å²) >= 11 is 0. The molecule has 0 fully saturated rings. The van der Waals surface area contributed by atoms with Crippen molar-refractivity contribution in [1.29, 1.82) is 0 Å². The van der Waals surface area contributed by atoms with E-state index in [0.29, 0.717) is 17.2 Å². The van der Waals surface area contributed by atoms with E-state index in [2.05, 4.69) is 107 Å². The Morgan fingerprint density at radius 3 is 1.18 bits per heavy atom. The molecule has 2 atom stereocenters. The zero-order chi connectivity index (χ0) is 37.8. The van der Waals surface area contributed by atoms with Gasteiger partial charge in [0.1, 0.15) is 45.8 Å². The van der Waals surface area contributed by atoms with E-state index in [9.17, 15) is 0 Å². The van der Waals surface area contributed by atoms with E-state index in [1.54, 1.807) is 14.2 Å². The van der Waals surface area contributed by atoms with Gasteiger partial charge in [-0.1, -0.05) is 68.4 Å². The summed E-state index contributed by atoms with van der Waals surface area (Å²) in [6.45, 7) is 26.0. The Balaban J connectivity index is 1.94. The van der Waals surface area contributed by atoms with E-state index in [1.807, 2.05) is 48.5 Å². The van der Waals surface area contributed by atoms with Crippen LogP contribution in [0.2, 0.25) is 0 Å². The molecular weight excluding hydrogens is 678 g/mol. The molecule has 0 N–H and O–H groups in total. The first-order valence-electron chi connectivity index (χ1n) is 17.2. The highest BCUT2D eigenvalue weighted by molar-refractivity contribution is 7.27. The maximum absolute atomic E-state index is 6.73. The van der Waals surface area contributed by atoms with Crippen molar-refractivity contribution in [3.63, 3.8) is 0 Å². The van der Waals surface area contributed by atoms with Gasteiger partial charge in [-0.3, -0.25) is 0 Å². The van der Waals surface area contributed by atoms with Gasteiger partial charge in [0.2, 0.25) is 0 Å². The summed E-state index contributed by atoms with van der Waals surface area (Å²) in [5.74, 6) is 5.09. The van der Waals surface area contributed by atoms with Crippen LogP contribution in [0.5, 0.6) is 40.2 Å². The lowest BCUT2D eigenvalue weighted by Gasteiger charge is -2.31. The second-order valence-electron chi connectivity index (χ2n) is 16.6. The first-order chi connectivity index (χ1) is 23.7. The molecule has 7 nitrogen and oxygen atoms in total. The third-order valence-corrected chi connectivity index (χ3v) is 9.29. The third-order valence-electron chi connectivity index (χ3n) is 8.07. The number of hydrogen-bond donors (Lipinski definition) is 0. The fourth-order valence-corrected chi connectivity index (χ4v) is 6.47. The molecule has 9 heteroatoms. The van der Waals surface area contributed by atoms with Gasteiger partial charge >= 0.3 is 0 Å².